The molecule has 0 saturated heterocycles. The highest BCUT2D eigenvalue weighted by Crippen LogP contribution is 2.23. The average molecular weight is 406 g/mol. The summed E-state index contributed by atoms with van der Waals surface area (Å²) in [6.45, 7) is 13.9. The molecule has 154 valence electrons. The molecule has 0 fully saturated rings. The van der Waals surface area contributed by atoms with Crippen LogP contribution in [0.1, 0.15) is 41.0 Å². The summed E-state index contributed by atoms with van der Waals surface area (Å²) < 4.78 is 1.75. The van der Waals surface area contributed by atoms with E-state index in [4.69, 9.17) is 4.98 Å². The molecule has 2 aromatic rings. The Morgan fingerprint density at radius 2 is 1.89 bits per heavy atom. The summed E-state index contributed by atoms with van der Waals surface area (Å²) in [5.74, 6) is -0.0402. The second-order valence-corrected chi connectivity index (χ2v) is 8.66. The largest absolute Gasteiger partial charge is 0.353 e. The van der Waals surface area contributed by atoms with Gasteiger partial charge in [0.15, 0.2) is 5.16 Å². The average Bonchev–Trinajstić information content (AvgIpc) is 2.66. The summed E-state index contributed by atoms with van der Waals surface area (Å²) in [5, 5.41) is 3.85. The monoisotopic (exact) mass is 405 g/mol. The quantitative estimate of drug-likeness (QED) is 0.467. The van der Waals surface area contributed by atoms with Crippen LogP contribution < -0.4 is 15.8 Å². The number of quaternary nitrogens is 1. The molecule has 0 radical (unpaired) electrons. The highest BCUT2D eigenvalue weighted by molar-refractivity contribution is 8.00. The van der Waals surface area contributed by atoms with E-state index in [0.717, 1.165) is 26.1 Å². The van der Waals surface area contributed by atoms with Crippen LogP contribution in [0.25, 0.3) is 10.9 Å². The smallest absolute Gasteiger partial charge is 0.262 e. The zero-order chi connectivity index (χ0) is 20.7. The minimum absolute atomic E-state index is 0.0286. The molecular formula is C21H33N4O2S+. The highest BCUT2D eigenvalue weighted by Gasteiger charge is 2.20. The van der Waals surface area contributed by atoms with Crippen molar-refractivity contribution in [1.82, 2.24) is 14.9 Å². The molecule has 0 bridgehead atoms. The molecule has 1 aromatic heterocycles. The van der Waals surface area contributed by atoms with E-state index in [2.05, 4.69) is 19.2 Å². The Kier molecular flexibility index (Phi) is 8.51. The van der Waals surface area contributed by atoms with Gasteiger partial charge in [-0.1, -0.05) is 23.9 Å². The van der Waals surface area contributed by atoms with Crippen molar-refractivity contribution in [3.63, 3.8) is 0 Å². The summed E-state index contributed by atoms with van der Waals surface area (Å²) in [6.07, 6.45) is 0.900. The first-order valence-corrected chi connectivity index (χ1v) is 11.1. The lowest BCUT2D eigenvalue weighted by molar-refractivity contribution is -0.896. The van der Waals surface area contributed by atoms with E-state index >= 15 is 0 Å². The first kappa shape index (κ1) is 22.4. The first-order valence-electron chi connectivity index (χ1n) is 10.2. The van der Waals surface area contributed by atoms with Crippen LogP contribution in [0.2, 0.25) is 0 Å². The van der Waals surface area contributed by atoms with Crippen LogP contribution in [-0.2, 0) is 11.3 Å². The number of hydrogen-bond donors (Lipinski definition) is 2. The van der Waals surface area contributed by atoms with Crippen molar-refractivity contribution in [3.05, 3.63) is 34.6 Å². The lowest BCUT2D eigenvalue weighted by Gasteiger charge is -2.19. The van der Waals surface area contributed by atoms with Gasteiger partial charge in [0.25, 0.3) is 5.56 Å². The van der Waals surface area contributed by atoms with E-state index in [1.807, 2.05) is 45.0 Å². The van der Waals surface area contributed by atoms with Gasteiger partial charge in [-0.25, -0.2) is 4.98 Å². The number of nitrogens with zero attached hydrogens (tertiary/aromatic N) is 2. The molecule has 0 aliphatic carbocycles. The summed E-state index contributed by atoms with van der Waals surface area (Å²) in [4.78, 5) is 31.7. The van der Waals surface area contributed by atoms with Gasteiger partial charge in [-0.15, -0.1) is 0 Å². The summed E-state index contributed by atoms with van der Waals surface area (Å²) >= 11 is 1.35. The van der Waals surface area contributed by atoms with Crippen LogP contribution in [0.5, 0.6) is 0 Å². The SMILES string of the molecule is CC[NH+](CC)CCCn1c(S[C@H](C)C(=O)NC(C)C)nc2ccccc2c1=O. The molecule has 0 aliphatic rings. The fraction of sp³-hybridized carbons (Fsp3) is 0.571. The van der Waals surface area contributed by atoms with Crippen LogP contribution in [0.15, 0.2) is 34.2 Å². The van der Waals surface area contributed by atoms with E-state index in [1.165, 1.54) is 16.7 Å². The number of carbonyl (C=O) groups is 1. The lowest BCUT2D eigenvalue weighted by Crippen LogP contribution is -3.11. The molecule has 1 aromatic carbocycles. The van der Waals surface area contributed by atoms with Crippen molar-refractivity contribution in [2.75, 3.05) is 19.6 Å². The van der Waals surface area contributed by atoms with Crippen molar-refractivity contribution in [3.8, 4) is 0 Å². The number of benzene rings is 1. The van der Waals surface area contributed by atoms with Crippen LogP contribution in [-0.4, -0.2) is 46.4 Å². The van der Waals surface area contributed by atoms with Crippen LogP contribution in [0.4, 0.5) is 0 Å². The molecule has 28 heavy (non-hydrogen) atoms. The van der Waals surface area contributed by atoms with Gasteiger partial charge < -0.3 is 10.2 Å². The number of fused-ring (bicyclic) bond motifs is 1. The van der Waals surface area contributed by atoms with E-state index in [0.29, 0.717) is 22.6 Å². The predicted octanol–water partition coefficient (Wildman–Crippen LogP) is 1.72. The number of carbonyl (C=O) groups excluding carboxylic acids is 1. The molecule has 1 atom stereocenters. The fourth-order valence-electron chi connectivity index (χ4n) is 3.14. The molecule has 0 unspecified atom stereocenters. The number of hydrogen-bond acceptors (Lipinski definition) is 4. The van der Waals surface area contributed by atoms with Gasteiger partial charge in [0.1, 0.15) is 0 Å². The second kappa shape index (κ2) is 10.6. The molecule has 2 N–H and O–H groups in total. The topological polar surface area (TPSA) is 68.4 Å². The van der Waals surface area contributed by atoms with E-state index in [9.17, 15) is 9.59 Å². The first-order chi connectivity index (χ1) is 13.4. The van der Waals surface area contributed by atoms with Gasteiger partial charge in [0.05, 0.1) is 35.8 Å². The van der Waals surface area contributed by atoms with Crippen molar-refractivity contribution in [1.29, 1.82) is 0 Å². The Morgan fingerprint density at radius 1 is 1.21 bits per heavy atom. The molecule has 6 nitrogen and oxygen atoms in total. The van der Waals surface area contributed by atoms with Gasteiger partial charge >= 0.3 is 0 Å². The van der Waals surface area contributed by atoms with Crippen LogP contribution in [0, 0.1) is 0 Å². The van der Waals surface area contributed by atoms with Crippen molar-refractivity contribution in [2.45, 2.75) is 64.0 Å². The minimum atomic E-state index is -0.324. The summed E-state index contributed by atoms with van der Waals surface area (Å²) in [7, 11) is 0. The Bertz CT molecular complexity index is 846. The van der Waals surface area contributed by atoms with Gasteiger partial charge in [-0.3, -0.25) is 14.2 Å². The van der Waals surface area contributed by atoms with E-state index in [-0.39, 0.29) is 22.8 Å². The Hall–Kier alpha value is -1.86. The number of aromatic nitrogens is 2. The number of amides is 1. The molecule has 2 rings (SSSR count). The van der Waals surface area contributed by atoms with Crippen molar-refractivity contribution < 1.29 is 9.69 Å². The van der Waals surface area contributed by atoms with E-state index < -0.39 is 0 Å². The molecule has 7 heteroatoms. The number of rotatable bonds is 10. The Balaban J connectivity index is 2.31. The Labute approximate surface area is 171 Å². The van der Waals surface area contributed by atoms with Crippen molar-refractivity contribution in [2.24, 2.45) is 0 Å². The summed E-state index contributed by atoms with van der Waals surface area (Å²) in [6, 6.07) is 7.50. The van der Waals surface area contributed by atoms with E-state index in [1.54, 1.807) is 4.57 Å². The van der Waals surface area contributed by atoms with Gasteiger partial charge in [0, 0.05) is 19.0 Å². The molecule has 0 aliphatic heterocycles. The maximum absolute atomic E-state index is 13.1. The second-order valence-electron chi connectivity index (χ2n) is 7.35. The molecule has 1 amide bonds. The number of thioether (sulfide) groups is 1. The third-order valence-corrected chi connectivity index (χ3v) is 5.91. The molecule has 0 spiro atoms. The van der Waals surface area contributed by atoms with Gasteiger partial charge in [-0.2, -0.15) is 0 Å². The van der Waals surface area contributed by atoms with Crippen molar-refractivity contribution >= 4 is 28.6 Å². The Morgan fingerprint density at radius 3 is 2.54 bits per heavy atom. The lowest BCUT2D eigenvalue weighted by atomic mass is 10.2. The predicted molar refractivity (Wildman–Crippen MR) is 116 cm³/mol. The van der Waals surface area contributed by atoms with Crippen LogP contribution in [0.3, 0.4) is 0 Å². The van der Waals surface area contributed by atoms with Gasteiger partial charge in [-0.05, 0) is 46.8 Å². The number of para-hydroxylation sites is 1. The standard InChI is InChI=1S/C21H32N4O2S/c1-6-24(7-2)13-10-14-25-20(27)17-11-8-9-12-18(17)23-21(25)28-16(5)19(26)22-15(3)4/h8-9,11-12,15-16H,6-7,10,13-14H2,1-5H3,(H,22,26)/p+1/t16-/m1/s1. The zero-order valence-electron chi connectivity index (χ0n) is 17.6. The maximum atomic E-state index is 13.1. The molecule has 0 saturated carbocycles. The minimum Gasteiger partial charge on any atom is -0.353 e. The number of nitrogens with one attached hydrogen (secondary N) is 2. The maximum Gasteiger partial charge on any atom is 0.262 e. The molecule has 1 heterocycles. The fourth-order valence-corrected chi connectivity index (χ4v) is 4.08. The third-order valence-electron chi connectivity index (χ3n) is 4.82. The van der Waals surface area contributed by atoms with Crippen LogP contribution >= 0.6 is 11.8 Å². The highest BCUT2D eigenvalue weighted by atomic mass is 32.2. The summed E-state index contributed by atoms with van der Waals surface area (Å²) in [5.41, 5.74) is 0.649. The van der Waals surface area contributed by atoms with Gasteiger partial charge in [0.2, 0.25) is 5.91 Å². The zero-order valence-corrected chi connectivity index (χ0v) is 18.4. The molecular weight excluding hydrogens is 372 g/mol. The third kappa shape index (κ3) is 5.82. The normalized spacial score (nSPS) is 12.7.